The second kappa shape index (κ2) is 11.8. The predicted molar refractivity (Wildman–Crippen MR) is 147 cm³/mol. The lowest BCUT2D eigenvalue weighted by atomic mass is 9.89. The van der Waals surface area contributed by atoms with Gasteiger partial charge in [0, 0.05) is 37.1 Å². The van der Waals surface area contributed by atoms with Gasteiger partial charge >= 0.3 is 6.03 Å². The number of carbonyl (C=O) groups excluding carboxylic acids is 2. The molecule has 0 radical (unpaired) electrons. The van der Waals surface area contributed by atoms with Gasteiger partial charge in [-0.05, 0) is 68.9 Å². The average Bonchev–Trinajstić information content (AvgIpc) is 2.91. The minimum Gasteiger partial charge on any atom is -0.354 e. The second-order valence-corrected chi connectivity index (χ2v) is 11.1. The molecule has 3 aromatic rings. The summed E-state index contributed by atoms with van der Waals surface area (Å²) >= 11 is 0. The number of aryl methyl sites for hydroxylation is 1. The van der Waals surface area contributed by atoms with Gasteiger partial charge in [-0.1, -0.05) is 30.3 Å². The van der Waals surface area contributed by atoms with Crippen molar-refractivity contribution in [3.63, 3.8) is 0 Å². The minimum absolute atomic E-state index is 0.210. The smallest absolute Gasteiger partial charge is 0.328 e. The monoisotopic (exact) mass is 553 g/mol. The number of hydrogen-bond acceptors (Lipinski definition) is 6. The van der Waals surface area contributed by atoms with Crippen molar-refractivity contribution in [1.82, 2.24) is 19.9 Å². The molecule has 4 rings (SSSR count). The van der Waals surface area contributed by atoms with Crippen molar-refractivity contribution in [2.45, 2.75) is 44.6 Å². The Morgan fingerprint density at radius 1 is 1.05 bits per heavy atom. The summed E-state index contributed by atoms with van der Waals surface area (Å²) < 4.78 is 41.3. The number of benzene rings is 2. The molecule has 1 aliphatic heterocycles. The number of urea groups is 1. The molecule has 1 aliphatic rings. The fourth-order valence-electron chi connectivity index (χ4n) is 4.72. The first kappa shape index (κ1) is 28.0. The van der Waals surface area contributed by atoms with Gasteiger partial charge in [0.1, 0.15) is 5.82 Å². The maximum Gasteiger partial charge on any atom is 0.328 e. The summed E-state index contributed by atoms with van der Waals surface area (Å²) in [6, 6.07) is 13.0. The van der Waals surface area contributed by atoms with E-state index in [2.05, 4.69) is 15.6 Å². The largest absolute Gasteiger partial charge is 0.354 e. The number of nitrogens with zero attached hydrogens (tertiary/aromatic N) is 2. The zero-order chi connectivity index (χ0) is 28.2. The number of aromatic nitrogens is 1. The van der Waals surface area contributed by atoms with Crippen LogP contribution in [0.3, 0.4) is 0 Å². The maximum absolute atomic E-state index is 13.7. The highest BCUT2D eigenvalue weighted by Crippen LogP contribution is 2.33. The first-order valence-electron chi connectivity index (χ1n) is 12.8. The maximum atomic E-state index is 13.7. The summed E-state index contributed by atoms with van der Waals surface area (Å²) in [5, 5.41) is 5.29. The third kappa shape index (κ3) is 6.36. The van der Waals surface area contributed by atoms with Crippen LogP contribution in [0, 0.1) is 19.7 Å². The molecule has 9 nitrogen and oxygen atoms in total. The third-order valence-corrected chi connectivity index (χ3v) is 8.23. The molecule has 0 aliphatic carbocycles. The lowest BCUT2D eigenvalue weighted by Crippen LogP contribution is -2.40. The van der Waals surface area contributed by atoms with E-state index < -0.39 is 16.1 Å². The van der Waals surface area contributed by atoms with Gasteiger partial charge in [-0.2, -0.15) is 8.42 Å². The van der Waals surface area contributed by atoms with Gasteiger partial charge in [-0.25, -0.2) is 18.9 Å². The molecule has 0 bridgehead atoms. The van der Waals surface area contributed by atoms with Crippen LogP contribution in [0.1, 0.15) is 52.7 Å². The fraction of sp³-hybridized carbons (Fsp3) is 0.321. The van der Waals surface area contributed by atoms with Crippen LogP contribution in [0.2, 0.25) is 0 Å². The molecular formula is C28H32FN5O4S. The molecule has 0 spiro atoms. The number of para-hydroxylation sites is 1. The molecule has 1 fully saturated rings. The fourth-order valence-corrected chi connectivity index (χ4v) is 5.83. The predicted octanol–water partition coefficient (Wildman–Crippen LogP) is 4.61. The summed E-state index contributed by atoms with van der Waals surface area (Å²) in [6.45, 7) is 6.35. The molecule has 0 atom stereocenters. The zero-order valence-corrected chi connectivity index (χ0v) is 22.9. The van der Waals surface area contributed by atoms with Crippen LogP contribution in [0.15, 0.2) is 59.8 Å². The van der Waals surface area contributed by atoms with Crippen molar-refractivity contribution in [1.29, 1.82) is 0 Å². The van der Waals surface area contributed by atoms with E-state index in [1.54, 1.807) is 30.9 Å². The Morgan fingerprint density at radius 2 is 1.72 bits per heavy atom. The number of likely N-dealkylation sites (tertiary alicyclic amines) is 1. The topological polar surface area (TPSA) is 121 Å². The Kier molecular flexibility index (Phi) is 8.49. The highest BCUT2D eigenvalue weighted by atomic mass is 32.2. The number of carbonyl (C=O) groups is 2. The first-order valence-corrected chi connectivity index (χ1v) is 14.3. The number of nitrogens with one attached hydrogen (secondary N) is 3. The SMILES string of the molecule is CCNC(=O)NS(=O)(=O)c1ncc(C(=O)N2CCC(c3ccc(F)cc3)CC2)c(Nc2ccccc2C)c1C. The average molecular weight is 554 g/mol. The number of sulfonamides is 1. The van der Waals surface area contributed by atoms with Crippen LogP contribution in [-0.2, 0) is 10.0 Å². The van der Waals surface area contributed by atoms with E-state index >= 15 is 0 Å². The quantitative estimate of drug-likeness (QED) is 0.393. The summed E-state index contributed by atoms with van der Waals surface area (Å²) in [5.41, 5.74) is 3.39. The summed E-state index contributed by atoms with van der Waals surface area (Å²) in [4.78, 5) is 31.5. The Hall–Kier alpha value is -3.99. The number of anilines is 2. The lowest BCUT2D eigenvalue weighted by Gasteiger charge is -2.33. The van der Waals surface area contributed by atoms with Crippen LogP contribution in [0.4, 0.5) is 20.6 Å². The van der Waals surface area contributed by atoms with Crippen LogP contribution >= 0.6 is 0 Å². The molecule has 1 saturated heterocycles. The van der Waals surface area contributed by atoms with E-state index in [0.29, 0.717) is 37.3 Å². The Morgan fingerprint density at radius 3 is 2.36 bits per heavy atom. The van der Waals surface area contributed by atoms with Crippen molar-refractivity contribution in [3.05, 3.63) is 82.8 Å². The van der Waals surface area contributed by atoms with E-state index in [0.717, 1.165) is 11.1 Å². The molecule has 11 heteroatoms. The van der Waals surface area contributed by atoms with Crippen LogP contribution < -0.4 is 15.4 Å². The van der Waals surface area contributed by atoms with Crippen molar-refractivity contribution in [3.8, 4) is 0 Å². The molecule has 0 saturated carbocycles. The standard InChI is InChI=1S/C28H32FN5O4S/c1-4-30-28(36)33-39(37,38)26-19(3)25(32-24-8-6-5-7-18(24)2)23(17-31-26)27(35)34-15-13-21(14-16-34)20-9-11-22(29)12-10-20/h5-12,17,21H,4,13-16H2,1-3H3,(H,31,32)(H2,30,33,36). The zero-order valence-electron chi connectivity index (χ0n) is 22.1. The van der Waals surface area contributed by atoms with Gasteiger partial charge in [0.25, 0.3) is 15.9 Å². The van der Waals surface area contributed by atoms with E-state index in [9.17, 15) is 22.4 Å². The van der Waals surface area contributed by atoms with Crippen molar-refractivity contribution in [2.75, 3.05) is 25.0 Å². The van der Waals surface area contributed by atoms with Gasteiger partial charge in [0.05, 0.1) is 11.3 Å². The van der Waals surface area contributed by atoms with Crippen molar-refractivity contribution < 1.29 is 22.4 Å². The molecule has 3 N–H and O–H groups in total. The number of halogens is 1. The molecule has 1 aromatic heterocycles. The summed E-state index contributed by atoms with van der Waals surface area (Å²) in [5.74, 6) is -0.346. The van der Waals surface area contributed by atoms with Crippen molar-refractivity contribution in [2.24, 2.45) is 0 Å². The molecule has 2 aromatic carbocycles. The van der Waals surface area contributed by atoms with Crippen molar-refractivity contribution >= 4 is 33.3 Å². The normalized spacial score (nSPS) is 14.1. The number of hydrogen-bond donors (Lipinski definition) is 3. The number of pyridine rings is 1. The van der Waals surface area contributed by atoms with Gasteiger partial charge in [0.2, 0.25) is 0 Å². The van der Waals surface area contributed by atoms with Gasteiger partial charge in [0.15, 0.2) is 5.03 Å². The second-order valence-electron chi connectivity index (χ2n) is 9.50. The van der Waals surface area contributed by atoms with E-state index in [-0.39, 0.29) is 40.3 Å². The Labute approximate surface area is 227 Å². The minimum atomic E-state index is -4.31. The summed E-state index contributed by atoms with van der Waals surface area (Å²) in [7, 11) is -4.31. The van der Waals surface area contributed by atoms with E-state index in [1.165, 1.54) is 18.3 Å². The Bertz CT molecular complexity index is 1470. The number of rotatable bonds is 7. The van der Waals surface area contributed by atoms with Crippen LogP contribution in [0.5, 0.6) is 0 Å². The third-order valence-electron chi connectivity index (χ3n) is 6.85. The highest BCUT2D eigenvalue weighted by Gasteiger charge is 2.30. The Balaban J connectivity index is 1.65. The molecule has 3 amide bonds. The van der Waals surface area contributed by atoms with E-state index in [1.807, 2.05) is 35.9 Å². The van der Waals surface area contributed by atoms with E-state index in [4.69, 9.17) is 0 Å². The first-order chi connectivity index (χ1) is 18.6. The number of piperidine rings is 1. The van der Waals surface area contributed by atoms with Crippen LogP contribution in [-0.4, -0.2) is 49.9 Å². The highest BCUT2D eigenvalue weighted by molar-refractivity contribution is 7.90. The van der Waals surface area contributed by atoms with Gasteiger partial charge in [-0.15, -0.1) is 0 Å². The van der Waals surface area contributed by atoms with Crippen LogP contribution in [0.25, 0.3) is 0 Å². The van der Waals surface area contributed by atoms with Gasteiger partial charge < -0.3 is 15.5 Å². The number of amides is 3. The molecular weight excluding hydrogens is 521 g/mol. The molecule has 2 heterocycles. The molecule has 0 unspecified atom stereocenters. The lowest BCUT2D eigenvalue weighted by molar-refractivity contribution is 0.0713. The molecule has 206 valence electrons. The van der Waals surface area contributed by atoms with Gasteiger partial charge in [-0.3, -0.25) is 4.79 Å². The molecule has 39 heavy (non-hydrogen) atoms. The summed E-state index contributed by atoms with van der Waals surface area (Å²) in [6.07, 6.45) is 2.68.